The van der Waals surface area contributed by atoms with Crippen molar-refractivity contribution in [2.75, 3.05) is 18.0 Å². The maximum Gasteiger partial charge on any atom is 0.150 e. The van der Waals surface area contributed by atoms with Crippen molar-refractivity contribution in [2.45, 2.75) is 33.1 Å². The molecule has 2 rings (SSSR count). The van der Waals surface area contributed by atoms with Crippen LogP contribution < -0.4 is 4.90 Å². The van der Waals surface area contributed by atoms with Crippen molar-refractivity contribution in [1.82, 2.24) is 0 Å². The molecule has 2 nitrogen and oxygen atoms in total. The van der Waals surface area contributed by atoms with Gasteiger partial charge in [-0.3, -0.25) is 4.79 Å². The van der Waals surface area contributed by atoms with Gasteiger partial charge in [-0.2, -0.15) is 0 Å². The molecule has 4 heteroatoms. The molecular weight excluding hydrogens is 260 g/mol. The van der Waals surface area contributed by atoms with E-state index >= 15 is 0 Å². The first kappa shape index (κ1) is 14.9. The van der Waals surface area contributed by atoms with Crippen molar-refractivity contribution in [3.63, 3.8) is 0 Å². The lowest BCUT2D eigenvalue weighted by Gasteiger charge is -2.24. The lowest BCUT2D eigenvalue weighted by molar-refractivity contribution is 0.112. The summed E-state index contributed by atoms with van der Waals surface area (Å²) in [6.07, 6.45) is 3.46. The van der Waals surface area contributed by atoms with Crippen LogP contribution in [-0.4, -0.2) is 19.4 Å². The maximum atomic E-state index is 14.0. The van der Waals surface area contributed by atoms with Crippen LogP contribution in [0.3, 0.4) is 0 Å². The van der Waals surface area contributed by atoms with Crippen LogP contribution in [-0.2, 0) is 0 Å². The fraction of sp³-hybridized carbons (Fsp3) is 0.562. The average Bonchev–Trinajstić information content (AvgIpc) is 2.63. The molecule has 1 aliphatic rings. The van der Waals surface area contributed by atoms with Crippen molar-refractivity contribution < 1.29 is 13.6 Å². The molecule has 1 aromatic rings. The number of anilines is 1. The van der Waals surface area contributed by atoms with Gasteiger partial charge in [0.1, 0.15) is 23.6 Å². The van der Waals surface area contributed by atoms with Gasteiger partial charge in [0.25, 0.3) is 0 Å². The standard InChI is InChI=1S/C16H21F2NO/c1-11(2)13-4-3-6-19(7-5-13)16-14(17)8-12(10-20)9-15(16)18/h8-11,13H,3-7H2,1-2H3. The van der Waals surface area contributed by atoms with E-state index in [1.807, 2.05) is 0 Å². The van der Waals surface area contributed by atoms with Gasteiger partial charge >= 0.3 is 0 Å². The molecule has 110 valence electrons. The number of carbonyl (C=O) groups is 1. The first-order chi connectivity index (χ1) is 9.52. The van der Waals surface area contributed by atoms with E-state index in [1.165, 1.54) is 0 Å². The molecule has 0 radical (unpaired) electrons. The van der Waals surface area contributed by atoms with E-state index < -0.39 is 11.6 Å². The summed E-state index contributed by atoms with van der Waals surface area (Å²) in [6.45, 7) is 5.72. The molecule has 0 amide bonds. The highest BCUT2D eigenvalue weighted by molar-refractivity contribution is 5.76. The largest absolute Gasteiger partial charge is 0.367 e. The quantitative estimate of drug-likeness (QED) is 0.779. The zero-order valence-electron chi connectivity index (χ0n) is 12.0. The zero-order chi connectivity index (χ0) is 14.7. The summed E-state index contributed by atoms with van der Waals surface area (Å²) in [5.41, 5.74) is 0.0543. The third-order valence-electron chi connectivity index (χ3n) is 4.21. The third-order valence-corrected chi connectivity index (χ3v) is 4.21. The van der Waals surface area contributed by atoms with E-state index in [2.05, 4.69) is 13.8 Å². The molecule has 1 heterocycles. The summed E-state index contributed by atoms with van der Waals surface area (Å²) in [7, 11) is 0. The van der Waals surface area contributed by atoms with Gasteiger partial charge in [0.05, 0.1) is 0 Å². The third kappa shape index (κ3) is 3.17. The Kier molecular flexibility index (Phi) is 4.73. The molecule has 1 aliphatic heterocycles. The van der Waals surface area contributed by atoms with Crippen LogP contribution in [0.25, 0.3) is 0 Å². The van der Waals surface area contributed by atoms with E-state index in [0.717, 1.165) is 31.4 Å². The lowest BCUT2D eigenvalue weighted by atomic mass is 9.89. The van der Waals surface area contributed by atoms with E-state index in [4.69, 9.17) is 0 Å². The molecular formula is C16H21F2NO. The van der Waals surface area contributed by atoms with Crippen molar-refractivity contribution in [3.8, 4) is 0 Å². The van der Waals surface area contributed by atoms with Gasteiger partial charge in [-0.05, 0) is 43.2 Å². The van der Waals surface area contributed by atoms with E-state index in [0.29, 0.717) is 31.2 Å². The van der Waals surface area contributed by atoms with Crippen molar-refractivity contribution in [1.29, 1.82) is 0 Å². The number of benzene rings is 1. The topological polar surface area (TPSA) is 20.3 Å². The van der Waals surface area contributed by atoms with Gasteiger partial charge in [0, 0.05) is 18.7 Å². The molecule has 1 saturated heterocycles. The number of halogens is 2. The van der Waals surface area contributed by atoms with Crippen LogP contribution in [0.2, 0.25) is 0 Å². The predicted molar refractivity (Wildman–Crippen MR) is 76.1 cm³/mol. The minimum atomic E-state index is -0.643. The molecule has 1 fully saturated rings. The first-order valence-corrected chi connectivity index (χ1v) is 7.22. The van der Waals surface area contributed by atoms with Crippen LogP contribution in [0.4, 0.5) is 14.5 Å². The highest BCUT2D eigenvalue weighted by Gasteiger charge is 2.23. The molecule has 0 saturated carbocycles. The molecule has 1 atom stereocenters. The molecule has 0 spiro atoms. The Balaban J connectivity index is 2.21. The second-order valence-corrected chi connectivity index (χ2v) is 5.87. The number of hydrogen-bond acceptors (Lipinski definition) is 2. The second-order valence-electron chi connectivity index (χ2n) is 5.87. The highest BCUT2D eigenvalue weighted by Crippen LogP contribution is 2.30. The fourth-order valence-corrected chi connectivity index (χ4v) is 2.97. The molecule has 20 heavy (non-hydrogen) atoms. The first-order valence-electron chi connectivity index (χ1n) is 7.22. The van der Waals surface area contributed by atoms with Gasteiger partial charge in [-0.15, -0.1) is 0 Å². The van der Waals surface area contributed by atoms with Crippen LogP contribution in [0.15, 0.2) is 12.1 Å². The molecule has 0 bridgehead atoms. The summed E-state index contributed by atoms with van der Waals surface area (Å²) in [6, 6.07) is 2.21. The zero-order valence-corrected chi connectivity index (χ0v) is 12.0. The van der Waals surface area contributed by atoms with Gasteiger partial charge in [0.15, 0.2) is 0 Å². The SMILES string of the molecule is CC(C)C1CCCN(c2c(F)cc(C=O)cc2F)CC1. The van der Waals surface area contributed by atoms with Gasteiger partial charge in [-0.25, -0.2) is 8.78 Å². The maximum absolute atomic E-state index is 14.0. The number of rotatable bonds is 3. The van der Waals surface area contributed by atoms with Gasteiger partial charge < -0.3 is 4.90 Å². The number of nitrogens with zero attached hydrogens (tertiary/aromatic N) is 1. The van der Waals surface area contributed by atoms with Crippen molar-refractivity contribution >= 4 is 12.0 Å². The minimum Gasteiger partial charge on any atom is -0.367 e. The lowest BCUT2D eigenvalue weighted by Crippen LogP contribution is -2.26. The van der Waals surface area contributed by atoms with Gasteiger partial charge in [-0.1, -0.05) is 13.8 Å². The summed E-state index contributed by atoms with van der Waals surface area (Å²) in [5.74, 6) is -0.0763. The Hall–Kier alpha value is -1.45. The Morgan fingerprint density at radius 3 is 2.40 bits per heavy atom. The highest BCUT2D eigenvalue weighted by atomic mass is 19.1. The van der Waals surface area contributed by atoms with Crippen LogP contribution >= 0.6 is 0 Å². The Morgan fingerprint density at radius 2 is 1.85 bits per heavy atom. The normalized spacial score (nSPS) is 20.1. The average molecular weight is 281 g/mol. The van der Waals surface area contributed by atoms with E-state index in [9.17, 15) is 13.6 Å². The van der Waals surface area contributed by atoms with E-state index in [1.54, 1.807) is 4.90 Å². The predicted octanol–water partition coefficient (Wildman–Crippen LogP) is 4.04. The fourth-order valence-electron chi connectivity index (χ4n) is 2.97. The Labute approximate surface area is 118 Å². The van der Waals surface area contributed by atoms with Crippen LogP contribution in [0.1, 0.15) is 43.5 Å². The molecule has 1 aromatic carbocycles. The number of aldehydes is 1. The minimum absolute atomic E-state index is 0.0139. The Morgan fingerprint density at radius 1 is 1.20 bits per heavy atom. The summed E-state index contributed by atoms with van der Waals surface area (Å²) < 4.78 is 28.1. The number of carbonyl (C=O) groups excluding carboxylic acids is 1. The summed E-state index contributed by atoms with van der Waals surface area (Å²) >= 11 is 0. The molecule has 0 aromatic heterocycles. The number of hydrogen-bond donors (Lipinski definition) is 0. The molecule has 0 aliphatic carbocycles. The molecule has 0 N–H and O–H groups in total. The van der Waals surface area contributed by atoms with Crippen LogP contribution in [0, 0.1) is 23.5 Å². The smallest absolute Gasteiger partial charge is 0.150 e. The van der Waals surface area contributed by atoms with Crippen molar-refractivity contribution in [2.24, 2.45) is 11.8 Å². The van der Waals surface area contributed by atoms with Crippen LogP contribution in [0.5, 0.6) is 0 Å². The molecule has 1 unspecified atom stereocenters. The summed E-state index contributed by atoms with van der Waals surface area (Å²) in [5, 5.41) is 0. The van der Waals surface area contributed by atoms with Gasteiger partial charge in [0.2, 0.25) is 0 Å². The van der Waals surface area contributed by atoms with E-state index in [-0.39, 0.29) is 11.3 Å². The summed E-state index contributed by atoms with van der Waals surface area (Å²) in [4.78, 5) is 12.4. The Bertz CT molecular complexity index is 464. The monoisotopic (exact) mass is 281 g/mol. The van der Waals surface area contributed by atoms with Crippen molar-refractivity contribution in [3.05, 3.63) is 29.3 Å². The second kappa shape index (κ2) is 6.33.